The lowest BCUT2D eigenvalue weighted by atomic mass is 10.1. The first-order valence-electron chi connectivity index (χ1n) is 5.23. The number of hydrogen-bond donors (Lipinski definition) is 3. The van der Waals surface area contributed by atoms with Gasteiger partial charge in [0.2, 0.25) is 5.91 Å². The van der Waals surface area contributed by atoms with Crippen LogP contribution in [-0.2, 0) is 4.79 Å². The van der Waals surface area contributed by atoms with E-state index in [1.165, 1.54) is 12.1 Å². The Labute approximate surface area is 98.0 Å². The molecule has 0 bridgehead atoms. The fourth-order valence-corrected chi connectivity index (χ4v) is 1.79. The summed E-state index contributed by atoms with van der Waals surface area (Å²) in [6, 6.07) is 4.44. The average molecular weight is 235 g/mol. The molecule has 1 aromatic carbocycles. The molecule has 1 aliphatic heterocycles. The van der Waals surface area contributed by atoms with Crippen molar-refractivity contribution in [3.8, 4) is 0 Å². The quantitative estimate of drug-likeness (QED) is 0.622. The third kappa shape index (κ3) is 2.36. The van der Waals surface area contributed by atoms with Crippen molar-refractivity contribution in [3.05, 3.63) is 23.8 Å². The average Bonchev–Trinajstić information content (AvgIpc) is 2.28. The van der Waals surface area contributed by atoms with Crippen molar-refractivity contribution in [1.82, 2.24) is 5.32 Å². The summed E-state index contributed by atoms with van der Waals surface area (Å²) in [5, 5.41) is 11.9. The Morgan fingerprint density at radius 1 is 1.41 bits per heavy atom. The summed E-state index contributed by atoms with van der Waals surface area (Å²) in [5.41, 5.74) is 6.60. The minimum atomic E-state index is -1.05. The molecular weight excluding hydrogens is 222 g/mol. The highest BCUT2D eigenvalue weighted by Crippen LogP contribution is 2.21. The lowest BCUT2D eigenvalue weighted by Gasteiger charge is -2.27. The Balaban J connectivity index is 2.37. The molecule has 2 rings (SSSR count). The largest absolute Gasteiger partial charge is 0.478 e. The molecule has 1 fully saturated rings. The van der Waals surface area contributed by atoms with Crippen LogP contribution in [-0.4, -0.2) is 36.6 Å². The van der Waals surface area contributed by atoms with Crippen LogP contribution in [0.25, 0.3) is 0 Å². The van der Waals surface area contributed by atoms with Gasteiger partial charge in [-0.2, -0.15) is 0 Å². The highest BCUT2D eigenvalue weighted by Gasteiger charge is 2.20. The second kappa shape index (κ2) is 4.42. The number of amides is 1. The van der Waals surface area contributed by atoms with Crippen LogP contribution < -0.4 is 16.0 Å². The number of benzene rings is 1. The Hall–Kier alpha value is -2.08. The Bertz CT molecular complexity index is 473. The fourth-order valence-electron chi connectivity index (χ4n) is 1.79. The minimum Gasteiger partial charge on any atom is -0.478 e. The summed E-state index contributed by atoms with van der Waals surface area (Å²) in [5.74, 6) is -1.14. The van der Waals surface area contributed by atoms with Crippen molar-refractivity contribution >= 4 is 23.3 Å². The van der Waals surface area contributed by atoms with E-state index < -0.39 is 5.97 Å². The summed E-state index contributed by atoms with van der Waals surface area (Å²) < 4.78 is 0. The minimum absolute atomic E-state index is 0.0850. The van der Waals surface area contributed by atoms with Gasteiger partial charge in [0.25, 0.3) is 0 Å². The molecule has 4 N–H and O–H groups in total. The second-order valence-corrected chi connectivity index (χ2v) is 3.84. The molecule has 0 aromatic heterocycles. The molecule has 17 heavy (non-hydrogen) atoms. The molecule has 0 unspecified atom stereocenters. The molecule has 1 aliphatic rings. The van der Waals surface area contributed by atoms with E-state index in [2.05, 4.69) is 5.32 Å². The zero-order valence-corrected chi connectivity index (χ0v) is 9.14. The van der Waals surface area contributed by atoms with Gasteiger partial charge in [-0.3, -0.25) is 4.79 Å². The third-order valence-corrected chi connectivity index (χ3v) is 2.59. The molecule has 0 saturated carbocycles. The maximum absolute atomic E-state index is 11.7. The van der Waals surface area contributed by atoms with Crippen LogP contribution in [0.5, 0.6) is 0 Å². The first kappa shape index (κ1) is 11.4. The predicted molar refractivity (Wildman–Crippen MR) is 63.0 cm³/mol. The number of carbonyl (C=O) groups excluding carboxylic acids is 1. The van der Waals surface area contributed by atoms with Gasteiger partial charge in [-0.05, 0) is 18.2 Å². The number of aromatic carboxylic acids is 1. The number of piperazine rings is 1. The number of nitrogen functional groups attached to an aromatic ring is 1. The van der Waals surface area contributed by atoms with Crippen molar-refractivity contribution < 1.29 is 14.7 Å². The lowest BCUT2D eigenvalue weighted by molar-refractivity contribution is -0.118. The van der Waals surface area contributed by atoms with Gasteiger partial charge in [-0.15, -0.1) is 0 Å². The normalized spacial score (nSPS) is 16.0. The van der Waals surface area contributed by atoms with Crippen molar-refractivity contribution in [3.63, 3.8) is 0 Å². The van der Waals surface area contributed by atoms with Gasteiger partial charge < -0.3 is 21.1 Å². The zero-order chi connectivity index (χ0) is 12.4. The van der Waals surface area contributed by atoms with Crippen molar-refractivity contribution in [2.45, 2.75) is 0 Å². The van der Waals surface area contributed by atoms with Gasteiger partial charge in [0.05, 0.1) is 12.1 Å². The molecular formula is C11H13N3O3. The van der Waals surface area contributed by atoms with Gasteiger partial charge in [-0.1, -0.05) is 0 Å². The summed E-state index contributed by atoms with van der Waals surface area (Å²) >= 11 is 0. The predicted octanol–water partition coefficient (Wildman–Crippen LogP) is -0.0968. The van der Waals surface area contributed by atoms with Crippen molar-refractivity contribution in [1.29, 1.82) is 0 Å². The summed E-state index contributed by atoms with van der Waals surface area (Å²) in [6.45, 7) is 1.46. The van der Waals surface area contributed by atoms with Crippen LogP contribution in [0.4, 0.5) is 11.4 Å². The van der Waals surface area contributed by atoms with Crippen LogP contribution in [0.15, 0.2) is 18.2 Å². The molecule has 0 radical (unpaired) electrons. The highest BCUT2D eigenvalue weighted by molar-refractivity contribution is 5.98. The molecule has 1 aromatic rings. The monoisotopic (exact) mass is 235 g/mol. The van der Waals surface area contributed by atoms with E-state index in [0.717, 1.165) is 0 Å². The smallest absolute Gasteiger partial charge is 0.335 e. The molecule has 1 saturated heterocycles. The maximum Gasteiger partial charge on any atom is 0.335 e. The molecule has 0 spiro atoms. The second-order valence-electron chi connectivity index (χ2n) is 3.84. The Morgan fingerprint density at radius 3 is 2.82 bits per heavy atom. The number of nitrogens with zero attached hydrogens (tertiary/aromatic N) is 1. The van der Waals surface area contributed by atoms with Crippen LogP contribution >= 0.6 is 0 Å². The lowest BCUT2D eigenvalue weighted by Crippen LogP contribution is -2.48. The van der Waals surface area contributed by atoms with Crippen LogP contribution in [0.3, 0.4) is 0 Å². The van der Waals surface area contributed by atoms with E-state index in [4.69, 9.17) is 10.8 Å². The van der Waals surface area contributed by atoms with Crippen molar-refractivity contribution in [2.24, 2.45) is 0 Å². The Morgan fingerprint density at radius 2 is 2.18 bits per heavy atom. The van der Waals surface area contributed by atoms with Crippen LogP contribution in [0, 0.1) is 0 Å². The van der Waals surface area contributed by atoms with E-state index >= 15 is 0 Å². The number of carbonyl (C=O) groups is 2. The number of carboxylic acids is 1. The van der Waals surface area contributed by atoms with E-state index in [9.17, 15) is 9.59 Å². The molecule has 0 aliphatic carbocycles. The van der Waals surface area contributed by atoms with Gasteiger partial charge in [0.15, 0.2) is 0 Å². The first-order chi connectivity index (χ1) is 8.08. The van der Waals surface area contributed by atoms with E-state index in [1.54, 1.807) is 11.0 Å². The number of carboxylic acid groups (broad SMARTS) is 1. The Kier molecular flexibility index (Phi) is 2.97. The number of anilines is 2. The summed E-state index contributed by atoms with van der Waals surface area (Å²) in [4.78, 5) is 24.1. The molecule has 6 nitrogen and oxygen atoms in total. The number of rotatable bonds is 2. The summed E-state index contributed by atoms with van der Waals surface area (Å²) in [7, 11) is 0. The molecule has 6 heteroatoms. The molecule has 1 heterocycles. The van der Waals surface area contributed by atoms with Gasteiger partial charge in [0, 0.05) is 24.5 Å². The number of hydrogen-bond acceptors (Lipinski definition) is 4. The number of nitrogens with two attached hydrogens (primary N) is 1. The molecule has 1 amide bonds. The topological polar surface area (TPSA) is 95.7 Å². The summed E-state index contributed by atoms with van der Waals surface area (Å²) in [6.07, 6.45) is 0. The molecule has 0 atom stereocenters. The first-order valence-corrected chi connectivity index (χ1v) is 5.23. The SMILES string of the molecule is Nc1cc(C(=O)O)cc(N2CCNCC2=O)c1. The van der Waals surface area contributed by atoms with E-state index in [-0.39, 0.29) is 18.0 Å². The van der Waals surface area contributed by atoms with Crippen LogP contribution in [0.2, 0.25) is 0 Å². The fraction of sp³-hybridized carbons (Fsp3) is 0.273. The van der Waals surface area contributed by atoms with E-state index in [0.29, 0.717) is 24.5 Å². The van der Waals surface area contributed by atoms with Crippen LogP contribution in [0.1, 0.15) is 10.4 Å². The van der Waals surface area contributed by atoms with Crippen molar-refractivity contribution in [2.75, 3.05) is 30.3 Å². The maximum atomic E-state index is 11.7. The third-order valence-electron chi connectivity index (χ3n) is 2.59. The zero-order valence-electron chi connectivity index (χ0n) is 9.14. The van der Waals surface area contributed by atoms with Gasteiger partial charge in [0.1, 0.15) is 0 Å². The van der Waals surface area contributed by atoms with E-state index in [1.807, 2.05) is 0 Å². The van der Waals surface area contributed by atoms with Gasteiger partial charge in [-0.25, -0.2) is 4.79 Å². The standard InChI is InChI=1S/C11H13N3O3/c12-8-3-7(11(16)17)4-9(5-8)14-2-1-13-6-10(14)15/h3-5,13H,1-2,6,12H2,(H,16,17). The molecule has 90 valence electrons. The number of nitrogens with one attached hydrogen (secondary N) is 1. The van der Waals surface area contributed by atoms with Gasteiger partial charge >= 0.3 is 5.97 Å². The highest BCUT2D eigenvalue weighted by atomic mass is 16.4.